The summed E-state index contributed by atoms with van der Waals surface area (Å²) in [5.74, 6) is -0.521. The number of anilines is 1. The molecular weight excluding hydrogens is 438 g/mol. The Kier molecular flexibility index (Phi) is 8.35. The quantitative estimate of drug-likeness (QED) is 0.395. The van der Waals surface area contributed by atoms with E-state index in [1.54, 1.807) is 23.1 Å². The van der Waals surface area contributed by atoms with Crippen LogP contribution in [0.3, 0.4) is 0 Å². The average molecular weight is 478 g/mol. The number of carboxylic acid groups (broad SMARTS) is 1. The zero-order valence-corrected chi connectivity index (χ0v) is 22.1. The summed E-state index contributed by atoms with van der Waals surface area (Å²) >= 11 is 0. The van der Waals surface area contributed by atoms with E-state index < -0.39 is 20.5 Å². The summed E-state index contributed by atoms with van der Waals surface area (Å²) < 4.78 is 6.11. The molecule has 3 atom stereocenters. The second kappa shape index (κ2) is 10.3. The highest BCUT2D eigenvalue weighted by Crippen LogP contribution is 2.42. The van der Waals surface area contributed by atoms with Crippen molar-refractivity contribution in [1.29, 1.82) is 0 Å². The van der Waals surface area contributed by atoms with E-state index in [0.29, 0.717) is 36.4 Å². The van der Waals surface area contributed by atoms with Crippen LogP contribution in [0, 0.1) is 5.92 Å². The molecule has 0 saturated carbocycles. The first kappa shape index (κ1) is 26.9. The first-order valence-corrected chi connectivity index (χ1v) is 14.5. The van der Waals surface area contributed by atoms with Crippen LogP contribution in [0.25, 0.3) is 0 Å². The lowest BCUT2D eigenvalue weighted by atomic mass is 9.80. The van der Waals surface area contributed by atoms with Crippen LogP contribution in [0.4, 0.5) is 10.5 Å². The van der Waals surface area contributed by atoms with Crippen LogP contribution < -0.4 is 15.5 Å². The Morgan fingerprint density at radius 1 is 1.21 bits per heavy atom. The van der Waals surface area contributed by atoms with Crippen molar-refractivity contribution in [3.05, 3.63) is 29.3 Å². The van der Waals surface area contributed by atoms with Crippen LogP contribution in [0.5, 0.6) is 0 Å². The van der Waals surface area contributed by atoms with Gasteiger partial charge in [0.15, 0.2) is 8.32 Å². The SMILES string of the molecule is CC[C@H]1[C@H](C)[C@@H](NC(=O)O)c2cc(C(=O)NCCO[Si](C)(C)C(C)(C)C)ccc2N1C(C)=O. The molecule has 8 nitrogen and oxygen atoms in total. The maximum Gasteiger partial charge on any atom is 0.405 e. The molecule has 1 aliphatic heterocycles. The monoisotopic (exact) mass is 477 g/mol. The van der Waals surface area contributed by atoms with Gasteiger partial charge in [-0.05, 0) is 48.3 Å². The molecule has 0 fully saturated rings. The van der Waals surface area contributed by atoms with Crippen LogP contribution in [0.1, 0.15) is 69.9 Å². The Balaban J connectivity index is 2.25. The molecule has 1 aromatic carbocycles. The predicted molar refractivity (Wildman–Crippen MR) is 132 cm³/mol. The molecule has 3 amide bonds. The van der Waals surface area contributed by atoms with Gasteiger partial charge >= 0.3 is 6.09 Å². The number of fused-ring (bicyclic) bond motifs is 1. The molecule has 0 spiro atoms. The van der Waals surface area contributed by atoms with Crippen LogP contribution in [-0.2, 0) is 9.22 Å². The van der Waals surface area contributed by atoms with Gasteiger partial charge in [-0.15, -0.1) is 0 Å². The molecule has 0 radical (unpaired) electrons. The second-order valence-corrected chi connectivity index (χ2v) is 15.1. The molecule has 0 bridgehead atoms. The molecule has 2 rings (SSSR count). The standard InChI is InChI=1S/C24H39N3O5Si/c1-9-19-15(2)21(26-23(30)31)18-14-17(10-11-20(18)27(19)16(3)28)22(29)25-12-13-32-33(7,8)24(4,5)6/h10-11,14-15,19,21,26H,9,12-13H2,1-8H3,(H,25,29)(H,30,31)/t15-,19-,21+/m0/s1. The Morgan fingerprint density at radius 2 is 1.85 bits per heavy atom. The van der Waals surface area contributed by atoms with Crippen LogP contribution in [0.15, 0.2) is 18.2 Å². The van der Waals surface area contributed by atoms with Gasteiger partial charge in [0.1, 0.15) is 0 Å². The highest BCUT2D eigenvalue weighted by Gasteiger charge is 2.40. The first-order chi connectivity index (χ1) is 15.2. The molecule has 1 heterocycles. The molecule has 0 saturated heterocycles. The fourth-order valence-electron chi connectivity index (χ4n) is 4.17. The van der Waals surface area contributed by atoms with Crippen molar-refractivity contribution in [2.45, 2.75) is 78.2 Å². The summed E-state index contributed by atoms with van der Waals surface area (Å²) in [4.78, 5) is 38.5. The smallest absolute Gasteiger partial charge is 0.405 e. The number of nitrogens with zero attached hydrogens (tertiary/aromatic N) is 1. The third-order valence-electron chi connectivity index (χ3n) is 7.04. The molecular formula is C24H39N3O5Si. The minimum absolute atomic E-state index is 0.0945. The van der Waals surface area contributed by atoms with Crippen molar-refractivity contribution in [2.24, 2.45) is 5.92 Å². The fourth-order valence-corrected chi connectivity index (χ4v) is 5.22. The Labute approximate surface area is 198 Å². The lowest BCUT2D eigenvalue weighted by Gasteiger charge is -2.44. The van der Waals surface area contributed by atoms with Crippen LogP contribution >= 0.6 is 0 Å². The van der Waals surface area contributed by atoms with E-state index in [0.717, 1.165) is 0 Å². The zero-order valence-electron chi connectivity index (χ0n) is 21.1. The number of nitrogens with one attached hydrogen (secondary N) is 2. The molecule has 3 N–H and O–H groups in total. The van der Waals surface area contributed by atoms with Gasteiger partial charge < -0.3 is 25.1 Å². The number of carbonyl (C=O) groups is 3. The maximum atomic E-state index is 12.8. The van der Waals surface area contributed by atoms with E-state index >= 15 is 0 Å². The molecule has 1 aromatic rings. The lowest BCUT2D eigenvalue weighted by Crippen LogP contribution is -2.51. The van der Waals surface area contributed by atoms with Gasteiger partial charge in [-0.25, -0.2) is 4.79 Å². The van der Waals surface area contributed by atoms with Crippen molar-refractivity contribution in [3.8, 4) is 0 Å². The van der Waals surface area contributed by atoms with E-state index in [-0.39, 0.29) is 28.8 Å². The predicted octanol–water partition coefficient (Wildman–Crippen LogP) is 4.53. The Morgan fingerprint density at radius 3 is 2.36 bits per heavy atom. The Hall–Kier alpha value is -2.39. The minimum atomic E-state index is -1.89. The molecule has 0 aromatic heterocycles. The van der Waals surface area contributed by atoms with E-state index in [1.165, 1.54) is 6.92 Å². The van der Waals surface area contributed by atoms with Gasteiger partial charge in [-0.1, -0.05) is 34.6 Å². The number of hydrogen-bond donors (Lipinski definition) is 3. The Bertz CT molecular complexity index is 897. The minimum Gasteiger partial charge on any atom is -0.465 e. The highest BCUT2D eigenvalue weighted by atomic mass is 28.4. The number of carbonyl (C=O) groups excluding carboxylic acids is 2. The first-order valence-electron chi connectivity index (χ1n) is 11.6. The van der Waals surface area contributed by atoms with E-state index in [4.69, 9.17) is 4.43 Å². The third kappa shape index (κ3) is 5.95. The molecule has 184 valence electrons. The molecule has 0 aliphatic carbocycles. The molecule has 1 aliphatic rings. The van der Waals surface area contributed by atoms with E-state index in [1.807, 2.05) is 13.8 Å². The number of rotatable bonds is 7. The summed E-state index contributed by atoms with van der Waals surface area (Å²) in [5.41, 5.74) is 1.70. The maximum absolute atomic E-state index is 12.8. The van der Waals surface area contributed by atoms with Crippen molar-refractivity contribution in [3.63, 3.8) is 0 Å². The second-order valence-electron chi connectivity index (χ2n) is 10.3. The van der Waals surface area contributed by atoms with E-state index in [9.17, 15) is 19.5 Å². The summed E-state index contributed by atoms with van der Waals surface area (Å²) in [6, 6.07) is 4.45. The number of hydrogen-bond acceptors (Lipinski definition) is 4. The number of amides is 3. The van der Waals surface area contributed by atoms with Crippen molar-refractivity contribution < 1.29 is 23.9 Å². The van der Waals surface area contributed by atoms with Crippen molar-refractivity contribution >= 4 is 31.9 Å². The normalized spacial score (nSPS) is 20.7. The van der Waals surface area contributed by atoms with E-state index in [2.05, 4.69) is 44.5 Å². The highest BCUT2D eigenvalue weighted by molar-refractivity contribution is 6.74. The van der Waals surface area contributed by atoms with Crippen molar-refractivity contribution in [1.82, 2.24) is 10.6 Å². The van der Waals surface area contributed by atoms with Crippen molar-refractivity contribution in [2.75, 3.05) is 18.1 Å². The zero-order chi connectivity index (χ0) is 25.1. The van der Waals surface area contributed by atoms with Gasteiger partial charge in [0.25, 0.3) is 5.91 Å². The molecule has 0 unspecified atom stereocenters. The lowest BCUT2D eigenvalue weighted by molar-refractivity contribution is -0.117. The van der Waals surface area contributed by atoms with Gasteiger partial charge in [-0.3, -0.25) is 9.59 Å². The average Bonchev–Trinajstić information content (AvgIpc) is 2.70. The van der Waals surface area contributed by atoms with Gasteiger partial charge in [-0.2, -0.15) is 0 Å². The van der Waals surface area contributed by atoms with Crippen LogP contribution in [0.2, 0.25) is 18.1 Å². The van der Waals surface area contributed by atoms with Gasteiger partial charge in [0.2, 0.25) is 5.91 Å². The van der Waals surface area contributed by atoms with Crippen LogP contribution in [-0.4, -0.2) is 50.5 Å². The third-order valence-corrected chi connectivity index (χ3v) is 11.6. The molecule has 33 heavy (non-hydrogen) atoms. The summed E-state index contributed by atoms with van der Waals surface area (Å²) in [5, 5.41) is 15.0. The topological polar surface area (TPSA) is 108 Å². The van der Waals surface area contributed by atoms with Gasteiger partial charge in [0, 0.05) is 36.7 Å². The summed E-state index contributed by atoms with van der Waals surface area (Å²) in [6.45, 7) is 17.1. The largest absolute Gasteiger partial charge is 0.465 e. The molecule has 9 heteroatoms. The van der Waals surface area contributed by atoms with Gasteiger partial charge in [0.05, 0.1) is 12.6 Å². The fraction of sp³-hybridized carbons (Fsp3) is 0.625. The number of benzene rings is 1. The summed E-state index contributed by atoms with van der Waals surface area (Å²) in [7, 11) is -1.89. The summed E-state index contributed by atoms with van der Waals surface area (Å²) in [6.07, 6.45) is -0.449.